The van der Waals surface area contributed by atoms with Crippen molar-refractivity contribution in [2.75, 3.05) is 5.84 Å². The first-order valence-corrected chi connectivity index (χ1v) is 7.43. The molecule has 10 heteroatoms. The minimum atomic E-state index is 0.296. The third kappa shape index (κ3) is 2.20. The summed E-state index contributed by atoms with van der Waals surface area (Å²) in [5, 5.41) is 19.6. The van der Waals surface area contributed by atoms with E-state index < -0.39 is 0 Å². The number of hydrogen-bond donors (Lipinski definition) is 2. The number of aryl methyl sites for hydroxylation is 1. The molecule has 4 rings (SSSR count). The Morgan fingerprint density at radius 1 is 1.25 bits per heavy atom. The Balaban J connectivity index is 1.83. The van der Waals surface area contributed by atoms with Crippen molar-refractivity contribution in [1.82, 2.24) is 35.0 Å². The van der Waals surface area contributed by atoms with Gasteiger partial charge >= 0.3 is 0 Å². The fourth-order valence-corrected chi connectivity index (χ4v) is 2.48. The SMILES string of the molecule is Cc1onc(-c2cnn(-c3ccccc3)n2)c1-c1n[nH]c(=S)n1N. The van der Waals surface area contributed by atoms with Gasteiger partial charge in [0.05, 0.1) is 17.4 Å². The molecule has 0 saturated carbocycles. The Morgan fingerprint density at radius 2 is 2.04 bits per heavy atom. The van der Waals surface area contributed by atoms with Crippen LogP contribution in [0.15, 0.2) is 41.1 Å². The molecule has 0 aliphatic carbocycles. The zero-order chi connectivity index (χ0) is 16.7. The molecule has 3 N–H and O–H groups in total. The van der Waals surface area contributed by atoms with Crippen molar-refractivity contribution in [1.29, 1.82) is 0 Å². The van der Waals surface area contributed by atoms with Crippen LogP contribution in [-0.2, 0) is 0 Å². The number of rotatable bonds is 3. The van der Waals surface area contributed by atoms with Crippen LogP contribution in [0.3, 0.4) is 0 Å². The van der Waals surface area contributed by atoms with Gasteiger partial charge in [-0.1, -0.05) is 23.4 Å². The van der Waals surface area contributed by atoms with Gasteiger partial charge in [-0.15, -0.1) is 5.10 Å². The fraction of sp³-hybridized carbons (Fsp3) is 0.0714. The molecular weight excluding hydrogens is 328 g/mol. The van der Waals surface area contributed by atoms with E-state index in [1.807, 2.05) is 30.3 Å². The second kappa shape index (κ2) is 5.42. The summed E-state index contributed by atoms with van der Waals surface area (Å²) in [7, 11) is 0. The lowest BCUT2D eigenvalue weighted by Crippen LogP contribution is -2.10. The summed E-state index contributed by atoms with van der Waals surface area (Å²) in [6.07, 6.45) is 1.61. The van der Waals surface area contributed by atoms with Gasteiger partial charge in [-0.05, 0) is 31.3 Å². The maximum Gasteiger partial charge on any atom is 0.214 e. The lowest BCUT2D eigenvalue weighted by atomic mass is 10.1. The normalized spacial score (nSPS) is 11.0. The molecule has 3 heterocycles. The maximum atomic E-state index is 5.91. The van der Waals surface area contributed by atoms with Gasteiger partial charge in [-0.3, -0.25) is 0 Å². The molecule has 120 valence electrons. The number of aromatic nitrogens is 7. The molecular formula is C14H12N8OS. The molecule has 0 fully saturated rings. The summed E-state index contributed by atoms with van der Waals surface area (Å²) in [4.78, 5) is 1.52. The molecule has 0 radical (unpaired) electrons. The van der Waals surface area contributed by atoms with Crippen molar-refractivity contribution in [3.8, 4) is 28.5 Å². The van der Waals surface area contributed by atoms with Gasteiger partial charge in [0, 0.05) is 0 Å². The zero-order valence-corrected chi connectivity index (χ0v) is 13.4. The lowest BCUT2D eigenvalue weighted by molar-refractivity contribution is 0.400. The quantitative estimate of drug-likeness (QED) is 0.432. The number of para-hydroxylation sites is 1. The number of H-pyrrole nitrogens is 1. The van der Waals surface area contributed by atoms with Gasteiger partial charge in [0.2, 0.25) is 4.77 Å². The van der Waals surface area contributed by atoms with Crippen molar-refractivity contribution >= 4 is 12.2 Å². The van der Waals surface area contributed by atoms with Crippen LogP contribution in [0.2, 0.25) is 0 Å². The molecule has 1 aromatic carbocycles. The number of nitrogen functional groups attached to an aromatic ring is 1. The summed E-state index contributed by atoms with van der Waals surface area (Å²) in [5.41, 5.74) is 2.49. The first-order valence-electron chi connectivity index (χ1n) is 7.02. The van der Waals surface area contributed by atoms with Gasteiger partial charge < -0.3 is 10.4 Å². The van der Waals surface area contributed by atoms with E-state index in [9.17, 15) is 0 Å². The lowest BCUT2D eigenvalue weighted by Gasteiger charge is -2.00. The topological polar surface area (TPSA) is 116 Å². The Hall–Kier alpha value is -3.27. The van der Waals surface area contributed by atoms with Gasteiger partial charge in [0.15, 0.2) is 5.82 Å². The Kier molecular flexibility index (Phi) is 3.24. The summed E-state index contributed by atoms with van der Waals surface area (Å²) in [6.45, 7) is 1.77. The average Bonchev–Trinajstić information content (AvgIpc) is 3.29. The van der Waals surface area contributed by atoms with E-state index in [2.05, 4.69) is 25.6 Å². The number of benzene rings is 1. The molecule has 0 atom stereocenters. The first-order chi connectivity index (χ1) is 11.6. The molecule has 4 aromatic rings. The summed E-state index contributed by atoms with van der Waals surface area (Å²) < 4.78 is 6.86. The van der Waals surface area contributed by atoms with Gasteiger partial charge in [0.25, 0.3) is 0 Å². The van der Waals surface area contributed by atoms with Crippen LogP contribution in [0.25, 0.3) is 28.5 Å². The van der Waals surface area contributed by atoms with Crippen LogP contribution in [0.5, 0.6) is 0 Å². The van der Waals surface area contributed by atoms with Crippen molar-refractivity contribution in [3.05, 3.63) is 47.1 Å². The van der Waals surface area contributed by atoms with Gasteiger partial charge in [0.1, 0.15) is 17.1 Å². The molecule has 9 nitrogen and oxygen atoms in total. The molecule has 0 unspecified atom stereocenters. The third-order valence-corrected chi connectivity index (χ3v) is 3.80. The standard InChI is InChI=1S/C14H12N8OS/c1-8-11(13-17-18-14(24)21(13)15)12(20-23-8)10-7-16-22(19-10)9-5-3-2-4-6-9/h2-7H,15H2,1H3,(H,18,24). The van der Waals surface area contributed by atoms with Crippen molar-refractivity contribution in [2.24, 2.45) is 0 Å². The van der Waals surface area contributed by atoms with Gasteiger partial charge in [-0.25, -0.2) is 9.77 Å². The molecule has 24 heavy (non-hydrogen) atoms. The maximum absolute atomic E-state index is 5.91. The Morgan fingerprint density at radius 3 is 2.75 bits per heavy atom. The molecule has 0 spiro atoms. The predicted molar refractivity (Wildman–Crippen MR) is 88.1 cm³/mol. The predicted octanol–water partition coefficient (Wildman–Crippen LogP) is 1.87. The highest BCUT2D eigenvalue weighted by atomic mass is 32.1. The van der Waals surface area contributed by atoms with E-state index in [4.69, 9.17) is 22.6 Å². The zero-order valence-electron chi connectivity index (χ0n) is 12.5. The van der Waals surface area contributed by atoms with E-state index in [-0.39, 0.29) is 0 Å². The number of aromatic amines is 1. The van der Waals surface area contributed by atoms with E-state index in [1.165, 1.54) is 9.47 Å². The fourth-order valence-electron chi connectivity index (χ4n) is 2.35. The van der Waals surface area contributed by atoms with E-state index in [1.54, 1.807) is 13.1 Å². The molecule has 0 saturated heterocycles. The molecule has 0 aliphatic rings. The molecule has 3 aromatic heterocycles. The third-order valence-electron chi connectivity index (χ3n) is 3.51. The van der Waals surface area contributed by atoms with Crippen molar-refractivity contribution in [3.63, 3.8) is 0 Å². The Bertz CT molecular complexity index is 1060. The van der Waals surface area contributed by atoms with E-state index in [0.717, 1.165) is 5.69 Å². The van der Waals surface area contributed by atoms with Crippen LogP contribution in [0.1, 0.15) is 5.76 Å². The largest absolute Gasteiger partial charge is 0.360 e. The minimum Gasteiger partial charge on any atom is -0.360 e. The molecule has 0 aliphatic heterocycles. The van der Waals surface area contributed by atoms with Crippen LogP contribution >= 0.6 is 12.2 Å². The molecule has 0 amide bonds. The van der Waals surface area contributed by atoms with Crippen LogP contribution in [0, 0.1) is 11.7 Å². The highest BCUT2D eigenvalue weighted by molar-refractivity contribution is 7.71. The number of nitrogens with two attached hydrogens (primary N) is 1. The summed E-state index contributed by atoms with van der Waals surface area (Å²) >= 11 is 5.06. The van der Waals surface area contributed by atoms with E-state index in [0.29, 0.717) is 33.3 Å². The summed E-state index contributed by atoms with van der Waals surface area (Å²) in [5.74, 6) is 6.89. The van der Waals surface area contributed by atoms with Gasteiger partial charge in [-0.2, -0.15) is 15.0 Å². The van der Waals surface area contributed by atoms with Crippen molar-refractivity contribution in [2.45, 2.75) is 6.92 Å². The van der Waals surface area contributed by atoms with Crippen LogP contribution in [-0.4, -0.2) is 35.0 Å². The second-order valence-corrected chi connectivity index (χ2v) is 5.43. The Labute approximate surface area is 140 Å². The summed E-state index contributed by atoms with van der Waals surface area (Å²) in [6, 6.07) is 9.57. The highest BCUT2D eigenvalue weighted by Crippen LogP contribution is 2.31. The number of hydrogen-bond acceptors (Lipinski definition) is 7. The van der Waals surface area contributed by atoms with Crippen LogP contribution < -0.4 is 5.84 Å². The monoisotopic (exact) mass is 340 g/mol. The first kappa shape index (κ1) is 14.3. The number of nitrogens with one attached hydrogen (secondary N) is 1. The molecule has 0 bridgehead atoms. The highest BCUT2D eigenvalue weighted by Gasteiger charge is 2.23. The smallest absolute Gasteiger partial charge is 0.214 e. The average molecular weight is 340 g/mol. The second-order valence-electron chi connectivity index (χ2n) is 5.04. The van der Waals surface area contributed by atoms with Crippen LogP contribution in [0.4, 0.5) is 0 Å². The number of nitrogens with zero attached hydrogens (tertiary/aromatic N) is 6. The van der Waals surface area contributed by atoms with E-state index >= 15 is 0 Å². The van der Waals surface area contributed by atoms with Crippen molar-refractivity contribution < 1.29 is 4.52 Å². The minimum absolute atomic E-state index is 0.296.